The van der Waals surface area contributed by atoms with Gasteiger partial charge in [0, 0.05) is 19.8 Å². The Labute approximate surface area is 94.8 Å². The fourth-order valence-electron chi connectivity index (χ4n) is 3.18. The molecule has 90 valence electrons. The zero-order valence-corrected chi connectivity index (χ0v) is 11.2. The van der Waals surface area contributed by atoms with Crippen molar-refractivity contribution in [3.63, 3.8) is 0 Å². The summed E-state index contributed by atoms with van der Waals surface area (Å²) >= 11 is 0. The van der Waals surface area contributed by atoms with Gasteiger partial charge in [0.15, 0.2) is 0 Å². The zero-order chi connectivity index (χ0) is 11.7. The van der Waals surface area contributed by atoms with Crippen LogP contribution in [-0.4, -0.2) is 26.8 Å². The van der Waals surface area contributed by atoms with Crippen LogP contribution in [-0.2, 0) is 4.74 Å². The molecule has 1 fully saturated rings. The van der Waals surface area contributed by atoms with Crippen molar-refractivity contribution >= 4 is 0 Å². The first-order chi connectivity index (χ1) is 6.89. The Morgan fingerprint density at radius 3 is 2.07 bits per heavy atom. The molecular formula is C13H27NO. The van der Waals surface area contributed by atoms with Gasteiger partial charge < -0.3 is 10.1 Å². The van der Waals surface area contributed by atoms with Gasteiger partial charge in [-0.15, -0.1) is 0 Å². The second-order valence-corrected chi connectivity index (χ2v) is 5.95. The predicted molar refractivity (Wildman–Crippen MR) is 65.0 cm³/mol. The maximum absolute atomic E-state index is 5.11. The molecule has 0 heterocycles. The first-order valence-corrected chi connectivity index (χ1v) is 6.05. The molecule has 1 atom stereocenters. The summed E-state index contributed by atoms with van der Waals surface area (Å²) in [5.41, 5.74) is 0.960. The van der Waals surface area contributed by atoms with Crippen molar-refractivity contribution in [2.24, 2.45) is 16.7 Å². The van der Waals surface area contributed by atoms with Gasteiger partial charge in [0.25, 0.3) is 0 Å². The van der Waals surface area contributed by atoms with E-state index in [-0.39, 0.29) is 0 Å². The van der Waals surface area contributed by atoms with Crippen molar-refractivity contribution in [1.29, 1.82) is 0 Å². The third kappa shape index (κ3) is 2.21. The van der Waals surface area contributed by atoms with Crippen molar-refractivity contribution < 1.29 is 4.74 Å². The number of hydrogen-bond acceptors (Lipinski definition) is 2. The summed E-state index contributed by atoms with van der Waals surface area (Å²) in [7, 11) is 3.86. The van der Waals surface area contributed by atoms with Crippen LogP contribution in [0, 0.1) is 16.7 Å². The Kier molecular flexibility index (Phi) is 3.83. The quantitative estimate of drug-likeness (QED) is 0.685. The molecule has 1 aliphatic rings. The Morgan fingerprint density at radius 2 is 1.73 bits per heavy atom. The van der Waals surface area contributed by atoms with Crippen LogP contribution in [0.25, 0.3) is 0 Å². The topological polar surface area (TPSA) is 21.3 Å². The minimum absolute atomic E-state index is 0.480. The van der Waals surface area contributed by atoms with Gasteiger partial charge in [0.1, 0.15) is 0 Å². The largest absolute Gasteiger partial charge is 0.385 e. The van der Waals surface area contributed by atoms with Gasteiger partial charge in [-0.3, -0.25) is 0 Å². The minimum atomic E-state index is 0.480. The van der Waals surface area contributed by atoms with E-state index in [1.165, 1.54) is 6.42 Å². The molecule has 0 saturated heterocycles. The monoisotopic (exact) mass is 213 g/mol. The van der Waals surface area contributed by atoms with Crippen LogP contribution >= 0.6 is 0 Å². The Bertz CT molecular complexity index is 197. The fraction of sp³-hybridized carbons (Fsp3) is 1.00. The molecule has 2 nitrogen and oxygen atoms in total. The van der Waals surface area contributed by atoms with Crippen LogP contribution in [0.5, 0.6) is 0 Å². The number of nitrogens with one attached hydrogen (secondary N) is 1. The van der Waals surface area contributed by atoms with Gasteiger partial charge in [0.2, 0.25) is 0 Å². The van der Waals surface area contributed by atoms with Gasteiger partial charge in [-0.25, -0.2) is 0 Å². The van der Waals surface area contributed by atoms with Crippen LogP contribution in [0.1, 0.15) is 40.5 Å². The Morgan fingerprint density at radius 1 is 1.20 bits per heavy atom. The molecule has 0 aliphatic heterocycles. The molecule has 15 heavy (non-hydrogen) atoms. The molecule has 0 bridgehead atoms. The molecule has 2 heteroatoms. The van der Waals surface area contributed by atoms with Gasteiger partial charge in [-0.1, -0.05) is 27.7 Å². The molecule has 0 radical (unpaired) electrons. The maximum Gasteiger partial charge on any atom is 0.0462 e. The van der Waals surface area contributed by atoms with E-state index in [4.69, 9.17) is 4.74 Å². The maximum atomic E-state index is 5.11. The molecule has 1 saturated carbocycles. The van der Waals surface area contributed by atoms with Crippen LogP contribution in [0.2, 0.25) is 0 Å². The molecular weight excluding hydrogens is 186 g/mol. The van der Waals surface area contributed by atoms with E-state index in [9.17, 15) is 0 Å². The summed E-state index contributed by atoms with van der Waals surface area (Å²) in [6, 6.07) is 0.644. The average molecular weight is 213 g/mol. The Balaban J connectivity index is 2.48. The van der Waals surface area contributed by atoms with Gasteiger partial charge in [-0.2, -0.15) is 0 Å². The third-order valence-electron chi connectivity index (χ3n) is 4.77. The normalized spacial score (nSPS) is 25.2. The average Bonchev–Trinajstić information content (AvgIpc) is 2.54. The van der Waals surface area contributed by atoms with Crippen LogP contribution in [0.3, 0.4) is 0 Å². The second kappa shape index (κ2) is 4.42. The van der Waals surface area contributed by atoms with Crippen molar-refractivity contribution in [3.05, 3.63) is 0 Å². The van der Waals surface area contributed by atoms with E-state index in [0.717, 1.165) is 18.9 Å². The highest BCUT2D eigenvalue weighted by Crippen LogP contribution is 2.69. The van der Waals surface area contributed by atoms with Gasteiger partial charge in [-0.05, 0) is 36.6 Å². The molecule has 0 aromatic rings. The number of methoxy groups -OCH3 is 1. The molecule has 1 N–H and O–H groups in total. The highest BCUT2D eigenvalue weighted by atomic mass is 16.5. The fourth-order valence-corrected chi connectivity index (χ4v) is 3.18. The summed E-state index contributed by atoms with van der Waals surface area (Å²) in [6.45, 7) is 10.4. The third-order valence-corrected chi connectivity index (χ3v) is 4.77. The van der Waals surface area contributed by atoms with Crippen LogP contribution < -0.4 is 5.32 Å². The summed E-state index contributed by atoms with van der Waals surface area (Å²) in [4.78, 5) is 0. The number of hydrogen-bond donors (Lipinski definition) is 1. The van der Waals surface area contributed by atoms with E-state index >= 15 is 0 Å². The standard InChI is InChI=1S/C13H27NO/c1-12(2)11(13(12,3)4)10(14-5)8-7-9-15-6/h10-11,14H,7-9H2,1-6H3. The lowest BCUT2D eigenvalue weighted by Crippen LogP contribution is -2.30. The van der Waals surface area contributed by atoms with Crippen molar-refractivity contribution in [1.82, 2.24) is 5.32 Å². The minimum Gasteiger partial charge on any atom is -0.385 e. The number of rotatable bonds is 6. The molecule has 0 aromatic carbocycles. The summed E-state index contributed by atoms with van der Waals surface area (Å²) in [6.07, 6.45) is 2.38. The number of ether oxygens (including phenoxy) is 1. The molecule has 0 spiro atoms. The van der Waals surface area contributed by atoms with E-state index in [0.29, 0.717) is 16.9 Å². The molecule has 1 unspecified atom stereocenters. The van der Waals surface area contributed by atoms with E-state index in [2.05, 4.69) is 40.1 Å². The van der Waals surface area contributed by atoms with Gasteiger partial charge >= 0.3 is 0 Å². The second-order valence-electron chi connectivity index (χ2n) is 5.95. The molecule has 1 rings (SSSR count). The van der Waals surface area contributed by atoms with E-state index in [1.54, 1.807) is 7.11 Å². The SMILES string of the molecule is CNC(CCCOC)C1C(C)(C)C1(C)C. The molecule has 0 aromatic heterocycles. The highest BCUT2D eigenvalue weighted by Gasteiger charge is 2.66. The lowest BCUT2D eigenvalue weighted by atomic mass is 10.00. The van der Waals surface area contributed by atoms with Crippen molar-refractivity contribution in [2.45, 2.75) is 46.6 Å². The highest BCUT2D eigenvalue weighted by molar-refractivity contribution is 5.15. The van der Waals surface area contributed by atoms with Crippen LogP contribution in [0.4, 0.5) is 0 Å². The zero-order valence-electron chi connectivity index (χ0n) is 11.2. The summed E-state index contributed by atoms with van der Waals surface area (Å²) < 4.78 is 5.11. The Hall–Kier alpha value is -0.0800. The summed E-state index contributed by atoms with van der Waals surface area (Å²) in [5, 5.41) is 3.48. The van der Waals surface area contributed by atoms with Crippen molar-refractivity contribution in [3.8, 4) is 0 Å². The first kappa shape index (κ1) is 13.0. The van der Waals surface area contributed by atoms with Gasteiger partial charge in [0.05, 0.1) is 0 Å². The van der Waals surface area contributed by atoms with Crippen LogP contribution in [0.15, 0.2) is 0 Å². The predicted octanol–water partition coefficient (Wildman–Crippen LogP) is 2.68. The van der Waals surface area contributed by atoms with E-state index in [1.807, 2.05) is 0 Å². The summed E-state index contributed by atoms with van der Waals surface area (Å²) in [5.74, 6) is 0.798. The smallest absolute Gasteiger partial charge is 0.0462 e. The van der Waals surface area contributed by atoms with E-state index < -0.39 is 0 Å². The van der Waals surface area contributed by atoms with Crippen molar-refractivity contribution in [2.75, 3.05) is 20.8 Å². The molecule has 0 amide bonds. The molecule has 1 aliphatic carbocycles. The lowest BCUT2D eigenvalue weighted by molar-refractivity contribution is 0.186. The first-order valence-electron chi connectivity index (χ1n) is 6.05. The lowest BCUT2D eigenvalue weighted by Gasteiger charge is -2.18.